The highest BCUT2D eigenvalue weighted by Crippen LogP contribution is 2.34. The fourth-order valence-corrected chi connectivity index (χ4v) is 2.01. The van der Waals surface area contributed by atoms with Crippen molar-refractivity contribution in [2.24, 2.45) is 0 Å². The Morgan fingerprint density at radius 3 is 2.60 bits per heavy atom. The predicted octanol–water partition coefficient (Wildman–Crippen LogP) is 2.83. The van der Waals surface area contributed by atoms with Crippen molar-refractivity contribution < 1.29 is 9.53 Å². The molecule has 74 valence electrons. The molecule has 0 bridgehead atoms. The average Bonchev–Trinajstić information content (AvgIpc) is 2.24. The Bertz CT molecular complexity index is 518. The molecule has 0 aliphatic carbocycles. The summed E-state index contributed by atoms with van der Waals surface area (Å²) in [7, 11) is 0. The molecule has 0 radical (unpaired) electrons. The van der Waals surface area contributed by atoms with Crippen LogP contribution in [0, 0.1) is 0 Å². The first-order valence-electron chi connectivity index (χ1n) is 5.02. The van der Waals surface area contributed by atoms with E-state index in [1.54, 1.807) is 0 Å². The lowest BCUT2D eigenvalue weighted by Crippen LogP contribution is -2.25. The van der Waals surface area contributed by atoms with E-state index in [0.717, 1.165) is 5.56 Å². The van der Waals surface area contributed by atoms with Crippen molar-refractivity contribution in [2.45, 2.75) is 12.5 Å². The molecule has 1 unspecified atom stereocenters. The number of carbonyl (C=O) groups is 1. The molecular weight excluding hydrogens is 188 g/mol. The second kappa shape index (κ2) is 3.09. The molecule has 0 spiro atoms. The molecule has 0 saturated carbocycles. The zero-order valence-corrected chi connectivity index (χ0v) is 8.14. The molecule has 0 aromatic heterocycles. The summed E-state index contributed by atoms with van der Waals surface area (Å²) < 4.78 is 5.09. The van der Waals surface area contributed by atoms with Crippen molar-refractivity contribution in [2.75, 3.05) is 0 Å². The number of hydrogen-bond donors (Lipinski definition) is 0. The van der Waals surface area contributed by atoms with E-state index < -0.39 is 0 Å². The van der Waals surface area contributed by atoms with Crippen LogP contribution in [0.2, 0.25) is 0 Å². The summed E-state index contributed by atoms with van der Waals surface area (Å²) >= 11 is 0. The Hall–Kier alpha value is -1.83. The van der Waals surface area contributed by atoms with E-state index in [1.807, 2.05) is 24.3 Å². The predicted molar refractivity (Wildman–Crippen MR) is 57.4 cm³/mol. The molecule has 1 saturated heterocycles. The molecule has 1 fully saturated rings. The molecule has 3 rings (SSSR count). The molecule has 1 heterocycles. The van der Waals surface area contributed by atoms with Crippen molar-refractivity contribution in [3.05, 3.63) is 48.0 Å². The van der Waals surface area contributed by atoms with Crippen LogP contribution in [-0.2, 0) is 9.53 Å². The minimum Gasteiger partial charge on any atom is -0.457 e. The summed E-state index contributed by atoms with van der Waals surface area (Å²) in [6.07, 6.45) is 0.470. The Morgan fingerprint density at radius 2 is 1.80 bits per heavy atom. The topological polar surface area (TPSA) is 26.3 Å². The van der Waals surface area contributed by atoms with Gasteiger partial charge in [0.25, 0.3) is 0 Å². The Morgan fingerprint density at radius 1 is 1.07 bits per heavy atom. The van der Waals surface area contributed by atoms with Crippen molar-refractivity contribution in [3.63, 3.8) is 0 Å². The second-order valence-electron chi connectivity index (χ2n) is 3.75. The first kappa shape index (κ1) is 8.48. The van der Waals surface area contributed by atoms with Gasteiger partial charge in [-0.3, -0.25) is 4.79 Å². The summed E-state index contributed by atoms with van der Waals surface area (Å²) in [5.41, 5.74) is 1.12. The van der Waals surface area contributed by atoms with Crippen molar-refractivity contribution >= 4 is 16.7 Å². The van der Waals surface area contributed by atoms with Crippen LogP contribution < -0.4 is 0 Å². The van der Waals surface area contributed by atoms with E-state index in [-0.39, 0.29) is 12.1 Å². The molecule has 1 aliphatic heterocycles. The number of hydrogen-bond acceptors (Lipinski definition) is 2. The van der Waals surface area contributed by atoms with Gasteiger partial charge in [0.15, 0.2) is 0 Å². The molecule has 2 heteroatoms. The van der Waals surface area contributed by atoms with Gasteiger partial charge in [-0.25, -0.2) is 0 Å². The maximum Gasteiger partial charge on any atom is 0.310 e. The lowest BCUT2D eigenvalue weighted by atomic mass is 9.96. The standard InChI is InChI=1S/C13H10O2/c14-13-8-12(15-13)11-7-3-5-9-4-1-2-6-10(9)11/h1-7,12H,8H2. The summed E-state index contributed by atoms with van der Waals surface area (Å²) in [5.74, 6) is -0.104. The molecule has 2 aromatic rings. The molecule has 2 aromatic carbocycles. The quantitative estimate of drug-likeness (QED) is 0.658. The average molecular weight is 198 g/mol. The number of ether oxygens (including phenoxy) is 1. The highest BCUT2D eigenvalue weighted by molar-refractivity contribution is 5.88. The first-order valence-corrected chi connectivity index (χ1v) is 5.02. The Balaban J connectivity index is 2.14. The van der Waals surface area contributed by atoms with E-state index in [0.29, 0.717) is 6.42 Å². The lowest BCUT2D eigenvalue weighted by molar-refractivity contribution is -0.170. The molecule has 2 nitrogen and oxygen atoms in total. The summed E-state index contributed by atoms with van der Waals surface area (Å²) in [4.78, 5) is 10.8. The summed E-state index contributed by atoms with van der Waals surface area (Å²) in [6.45, 7) is 0. The number of cyclic esters (lactones) is 1. The molecule has 0 N–H and O–H groups in total. The Labute approximate surface area is 87.5 Å². The zero-order valence-electron chi connectivity index (χ0n) is 8.14. The van der Waals surface area contributed by atoms with Crippen molar-refractivity contribution in [1.82, 2.24) is 0 Å². The van der Waals surface area contributed by atoms with Crippen LogP contribution in [0.5, 0.6) is 0 Å². The van der Waals surface area contributed by atoms with Crippen LogP contribution in [0.4, 0.5) is 0 Å². The van der Waals surface area contributed by atoms with Gasteiger partial charge in [0.2, 0.25) is 0 Å². The third kappa shape index (κ3) is 1.30. The lowest BCUT2D eigenvalue weighted by Gasteiger charge is -2.26. The number of esters is 1. The molecule has 1 aliphatic rings. The second-order valence-corrected chi connectivity index (χ2v) is 3.75. The van der Waals surface area contributed by atoms with E-state index in [4.69, 9.17) is 4.74 Å². The van der Waals surface area contributed by atoms with Crippen LogP contribution in [-0.4, -0.2) is 5.97 Å². The number of carbonyl (C=O) groups excluding carboxylic acids is 1. The number of rotatable bonds is 1. The molecule has 1 atom stereocenters. The largest absolute Gasteiger partial charge is 0.457 e. The third-order valence-corrected chi connectivity index (χ3v) is 2.80. The Kier molecular flexibility index (Phi) is 1.75. The monoisotopic (exact) mass is 198 g/mol. The van der Waals surface area contributed by atoms with Gasteiger partial charge in [0.05, 0.1) is 6.42 Å². The number of benzene rings is 2. The van der Waals surface area contributed by atoms with Crippen molar-refractivity contribution in [3.8, 4) is 0 Å². The molecule has 0 amide bonds. The third-order valence-electron chi connectivity index (χ3n) is 2.80. The zero-order chi connectivity index (χ0) is 10.3. The maximum absolute atomic E-state index is 10.8. The van der Waals surface area contributed by atoms with E-state index in [2.05, 4.69) is 18.2 Å². The first-order chi connectivity index (χ1) is 7.34. The van der Waals surface area contributed by atoms with Crippen LogP contribution in [0.25, 0.3) is 10.8 Å². The van der Waals surface area contributed by atoms with Crippen LogP contribution in [0.15, 0.2) is 42.5 Å². The van der Waals surface area contributed by atoms with E-state index in [1.165, 1.54) is 10.8 Å². The van der Waals surface area contributed by atoms with Gasteiger partial charge in [-0.05, 0) is 10.8 Å². The summed E-state index contributed by atoms with van der Waals surface area (Å²) in [5, 5.41) is 2.37. The van der Waals surface area contributed by atoms with Crippen molar-refractivity contribution in [1.29, 1.82) is 0 Å². The fraction of sp³-hybridized carbons (Fsp3) is 0.154. The van der Waals surface area contributed by atoms with Crippen LogP contribution in [0.1, 0.15) is 18.1 Å². The van der Waals surface area contributed by atoms with Crippen LogP contribution >= 0.6 is 0 Å². The summed E-state index contributed by atoms with van der Waals surface area (Å²) in [6, 6.07) is 14.3. The highest BCUT2D eigenvalue weighted by Gasteiger charge is 2.30. The molecule has 15 heavy (non-hydrogen) atoms. The minimum atomic E-state index is -0.104. The van der Waals surface area contributed by atoms with Gasteiger partial charge in [0.1, 0.15) is 6.10 Å². The SMILES string of the molecule is O=C1CC(c2cccc3ccccc23)O1. The molecular formula is C13H10O2. The van der Waals surface area contributed by atoms with E-state index >= 15 is 0 Å². The smallest absolute Gasteiger partial charge is 0.310 e. The van der Waals surface area contributed by atoms with Gasteiger partial charge in [0, 0.05) is 5.56 Å². The van der Waals surface area contributed by atoms with Gasteiger partial charge in [-0.15, -0.1) is 0 Å². The van der Waals surface area contributed by atoms with Gasteiger partial charge in [-0.1, -0.05) is 42.5 Å². The maximum atomic E-state index is 10.8. The van der Waals surface area contributed by atoms with Gasteiger partial charge in [-0.2, -0.15) is 0 Å². The highest BCUT2D eigenvalue weighted by atomic mass is 16.6. The minimum absolute atomic E-state index is 0.0383. The van der Waals surface area contributed by atoms with Gasteiger partial charge >= 0.3 is 5.97 Å². The van der Waals surface area contributed by atoms with E-state index in [9.17, 15) is 4.79 Å². The van der Waals surface area contributed by atoms with Crippen LogP contribution in [0.3, 0.4) is 0 Å². The fourth-order valence-electron chi connectivity index (χ4n) is 2.01. The van der Waals surface area contributed by atoms with Gasteiger partial charge < -0.3 is 4.74 Å². The normalized spacial score (nSPS) is 19.7. The number of fused-ring (bicyclic) bond motifs is 1.